The number of imidazole rings is 1. The summed E-state index contributed by atoms with van der Waals surface area (Å²) in [6, 6.07) is 5.39. The fourth-order valence-electron chi connectivity index (χ4n) is 4.04. The number of anilines is 1. The minimum absolute atomic E-state index is 0.00235. The molecule has 1 unspecified atom stereocenters. The summed E-state index contributed by atoms with van der Waals surface area (Å²) >= 11 is 6.67. The first-order valence-electron chi connectivity index (χ1n) is 11.2. The Labute approximate surface area is 205 Å². The molecule has 0 bridgehead atoms. The van der Waals surface area contributed by atoms with E-state index in [9.17, 15) is 9.59 Å². The van der Waals surface area contributed by atoms with Crippen LogP contribution in [0.3, 0.4) is 0 Å². The first kappa shape index (κ1) is 22.8. The van der Waals surface area contributed by atoms with Crippen LogP contribution in [0.15, 0.2) is 52.8 Å². The van der Waals surface area contributed by atoms with Crippen molar-refractivity contribution in [3.8, 4) is 0 Å². The number of thiocarbonyl (C=S) groups is 1. The Morgan fingerprint density at radius 2 is 2.21 bits per heavy atom. The van der Waals surface area contributed by atoms with E-state index in [1.807, 2.05) is 16.8 Å². The lowest BCUT2D eigenvalue weighted by molar-refractivity contribution is -0.123. The number of nitrogens with one attached hydrogen (secondary N) is 1. The molecule has 3 aromatic heterocycles. The third kappa shape index (κ3) is 4.77. The summed E-state index contributed by atoms with van der Waals surface area (Å²) in [4.78, 5) is 37.2. The van der Waals surface area contributed by atoms with E-state index in [0.717, 1.165) is 25.8 Å². The van der Waals surface area contributed by atoms with Gasteiger partial charge in [0, 0.05) is 38.3 Å². The lowest BCUT2D eigenvalue weighted by Gasteiger charge is -2.18. The molecule has 34 heavy (non-hydrogen) atoms. The predicted molar refractivity (Wildman–Crippen MR) is 136 cm³/mol. The molecular weight excluding hydrogens is 472 g/mol. The summed E-state index contributed by atoms with van der Waals surface area (Å²) in [5.41, 5.74) is 0.628. The van der Waals surface area contributed by atoms with Crippen LogP contribution >= 0.6 is 24.0 Å². The smallest absolute Gasteiger partial charge is 0.267 e. The Balaban J connectivity index is 1.41. The fraction of sp³-hybridized carbons (Fsp3) is 0.348. The molecule has 1 atom stereocenters. The molecule has 5 heterocycles. The first-order chi connectivity index (χ1) is 16.6. The maximum atomic E-state index is 13.3. The standard InChI is InChI=1S/C23H24N6O3S2/c30-21-17(13-18-22(31)29(23(33)34-18)14-16-5-3-12-32-16)20(26-19-6-1-2-10-28(19)21)25-7-4-9-27-11-8-24-15-27/h1-2,6,8,10-11,13,15-16,25H,3-5,7,9,12,14H2/b18-13+. The van der Waals surface area contributed by atoms with Gasteiger partial charge in [-0.3, -0.25) is 18.9 Å². The predicted octanol–water partition coefficient (Wildman–Crippen LogP) is 2.77. The number of aromatic nitrogens is 4. The summed E-state index contributed by atoms with van der Waals surface area (Å²) in [6.45, 7) is 2.55. The van der Waals surface area contributed by atoms with Crippen LogP contribution in [0, 0.1) is 0 Å². The van der Waals surface area contributed by atoms with Gasteiger partial charge >= 0.3 is 0 Å². The van der Waals surface area contributed by atoms with E-state index in [0.29, 0.717) is 46.0 Å². The molecule has 3 aromatic rings. The van der Waals surface area contributed by atoms with Crippen molar-refractivity contribution >= 4 is 51.7 Å². The SMILES string of the molecule is O=C1/C(=C\c2c(NCCCn3ccnc3)nc3ccccn3c2=O)SC(=S)N1CC1CCCO1. The van der Waals surface area contributed by atoms with Crippen LogP contribution in [0.4, 0.5) is 5.82 Å². The van der Waals surface area contributed by atoms with Gasteiger partial charge in [0.25, 0.3) is 11.5 Å². The molecule has 0 radical (unpaired) electrons. The highest BCUT2D eigenvalue weighted by Gasteiger charge is 2.35. The van der Waals surface area contributed by atoms with E-state index < -0.39 is 0 Å². The minimum Gasteiger partial charge on any atom is -0.376 e. The number of nitrogens with zero attached hydrogens (tertiary/aromatic N) is 5. The molecule has 5 rings (SSSR count). The molecule has 0 aromatic carbocycles. The summed E-state index contributed by atoms with van der Waals surface area (Å²) in [7, 11) is 0. The maximum absolute atomic E-state index is 13.3. The second-order valence-corrected chi connectivity index (χ2v) is 9.79. The fourth-order valence-corrected chi connectivity index (χ4v) is 5.29. The molecule has 9 nitrogen and oxygen atoms in total. The van der Waals surface area contributed by atoms with E-state index in [2.05, 4.69) is 15.3 Å². The number of thioether (sulfide) groups is 1. The topological polar surface area (TPSA) is 93.8 Å². The number of hydrogen-bond acceptors (Lipinski definition) is 8. The van der Waals surface area contributed by atoms with Crippen molar-refractivity contribution in [1.82, 2.24) is 23.8 Å². The van der Waals surface area contributed by atoms with Crippen LogP contribution in [-0.4, -0.2) is 59.9 Å². The Morgan fingerprint density at radius 1 is 1.29 bits per heavy atom. The zero-order valence-electron chi connectivity index (χ0n) is 18.4. The van der Waals surface area contributed by atoms with Crippen LogP contribution in [0.2, 0.25) is 0 Å². The Kier molecular flexibility index (Phi) is 6.75. The molecule has 176 valence electrons. The summed E-state index contributed by atoms with van der Waals surface area (Å²) in [5.74, 6) is 0.250. The van der Waals surface area contributed by atoms with E-state index in [1.165, 1.54) is 16.2 Å². The highest BCUT2D eigenvalue weighted by Crippen LogP contribution is 2.34. The Hall–Kier alpha value is -3.02. The molecule has 2 saturated heterocycles. The monoisotopic (exact) mass is 496 g/mol. The summed E-state index contributed by atoms with van der Waals surface area (Å²) in [5, 5.41) is 3.29. The van der Waals surface area contributed by atoms with Crippen LogP contribution in [-0.2, 0) is 16.1 Å². The Morgan fingerprint density at radius 3 is 3.00 bits per heavy atom. The number of amides is 1. The van der Waals surface area contributed by atoms with Gasteiger partial charge in [0.05, 0.1) is 29.4 Å². The molecule has 1 N–H and O–H groups in total. The third-order valence-electron chi connectivity index (χ3n) is 5.77. The molecular formula is C23H24N6O3S2. The number of carbonyl (C=O) groups excluding carboxylic acids is 1. The van der Waals surface area contributed by atoms with Crippen LogP contribution in [0.25, 0.3) is 11.7 Å². The lowest BCUT2D eigenvalue weighted by atomic mass is 10.2. The van der Waals surface area contributed by atoms with Crippen LogP contribution in [0.5, 0.6) is 0 Å². The zero-order chi connectivity index (χ0) is 23.5. The van der Waals surface area contributed by atoms with Crippen molar-refractivity contribution in [2.45, 2.75) is 31.9 Å². The number of rotatable bonds is 8. The van der Waals surface area contributed by atoms with Crippen molar-refractivity contribution in [2.24, 2.45) is 0 Å². The van der Waals surface area contributed by atoms with Crippen molar-refractivity contribution in [2.75, 3.05) is 25.0 Å². The van der Waals surface area contributed by atoms with Gasteiger partial charge in [0.2, 0.25) is 0 Å². The van der Waals surface area contributed by atoms with E-state index in [-0.39, 0.29) is 17.6 Å². The number of ether oxygens (including phenoxy) is 1. The molecule has 11 heteroatoms. The minimum atomic E-state index is -0.243. The molecule has 0 aliphatic carbocycles. The molecule has 0 saturated carbocycles. The van der Waals surface area contributed by atoms with Gasteiger partial charge in [-0.2, -0.15) is 0 Å². The lowest BCUT2D eigenvalue weighted by Crippen LogP contribution is -2.35. The Bertz CT molecular complexity index is 1300. The van der Waals surface area contributed by atoms with Crippen molar-refractivity contribution in [1.29, 1.82) is 0 Å². The molecule has 2 aliphatic rings. The average molecular weight is 497 g/mol. The number of hydrogen-bond donors (Lipinski definition) is 1. The summed E-state index contributed by atoms with van der Waals surface area (Å²) < 4.78 is 9.63. The van der Waals surface area contributed by atoms with Gasteiger partial charge in [-0.25, -0.2) is 9.97 Å². The van der Waals surface area contributed by atoms with Gasteiger partial charge in [-0.1, -0.05) is 30.0 Å². The molecule has 2 aliphatic heterocycles. The summed E-state index contributed by atoms with van der Waals surface area (Å²) in [6.07, 6.45) is 11.4. The second-order valence-electron chi connectivity index (χ2n) is 8.12. The highest BCUT2D eigenvalue weighted by molar-refractivity contribution is 8.26. The quantitative estimate of drug-likeness (QED) is 0.289. The van der Waals surface area contributed by atoms with Crippen molar-refractivity contribution in [3.05, 3.63) is 63.9 Å². The zero-order valence-corrected chi connectivity index (χ0v) is 20.1. The maximum Gasteiger partial charge on any atom is 0.267 e. The third-order valence-corrected chi connectivity index (χ3v) is 7.15. The van der Waals surface area contributed by atoms with Crippen molar-refractivity contribution in [3.63, 3.8) is 0 Å². The van der Waals surface area contributed by atoms with Gasteiger partial charge in [-0.15, -0.1) is 0 Å². The van der Waals surface area contributed by atoms with Gasteiger partial charge in [0.1, 0.15) is 15.8 Å². The average Bonchev–Trinajstić information content (AvgIpc) is 3.59. The van der Waals surface area contributed by atoms with Crippen molar-refractivity contribution < 1.29 is 9.53 Å². The van der Waals surface area contributed by atoms with E-state index in [1.54, 1.807) is 41.8 Å². The van der Waals surface area contributed by atoms with Crippen LogP contribution < -0.4 is 10.9 Å². The first-order valence-corrected chi connectivity index (χ1v) is 12.4. The highest BCUT2D eigenvalue weighted by atomic mass is 32.2. The normalized spacial score (nSPS) is 19.6. The van der Waals surface area contributed by atoms with E-state index in [4.69, 9.17) is 17.0 Å². The number of aryl methyl sites for hydroxylation is 1. The largest absolute Gasteiger partial charge is 0.376 e. The molecule has 1 amide bonds. The van der Waals surface area contributed by atoms with Gasteiger partial charge < -0.3 is 14.6 Å². The number of fused-ring (bicyclic) bond motifs is 1. The van der Waals surface area contributed by atoms with Gasteiger partial charge in [-0.05, 0) is 37.5 Å². The van der Waals surface area contributed by atoms with Gasteiger partial charge in [0.15, 0.2) is 0 Å². The van der Waals surface area contributed by atoms with E-state index >= 15 is 0 Å². The number of pyridine rings is 1. The molecule has 2 fully saturated rings. The molecule has 0 spiro atoms. The second kappa shape index (κ2) is 10.1. The number of carbonyl (C=O) groups is 1. The van der Waals surface area contributed by atoms with Crippen LogP contribution in [0.1, 0.15) is 24.8 Å².